The van der Waals surface area contributed by atoms with Gasteiger partial charge in [0.15, 0.2) is 11.5 Å². The van der Waals surface area contributed by atoms with E-state index >= 15 is 0 Å². The molecule has 1 aliphatic rings. The Balaban J connectivity index is 1.27. The number of carbonyl (C=O) groups is 1. The molecule has 2 aromatic carbocycles. The molecule has 9 nitrogen and oxygen atoms in total. The van der Waals surface area contributed by atoms with Crippen molar-refractivity contribution in [3.05, 3.63) is 53.8 Å². The first-order chi connectivity index (χ1) is 14.6. The molecule has 1 amide bonds. The zero-order valence-electron chi connectivity index (χ0n) is 15.8. The van der Waals surface area contributed by atoms with Crippen LogP contribution < -0.4 is 20.2 Å². The topological polar surface area (TPSA) is 114 Å². The van der Waals surface area contributed by atoms with Crippen molar-refractivity contribution < 1.29 is 18.7 Å². The molecular formula is C19H17FN6O3S. The normalized spacial score (nSPS) is 12.7. The van der Waals surface area contributed by atoms with Gasteiger partial charge in [-0.3, -0.25) is 4.79 Å². The molecule has 0 bridgehead atoms. The van der Waals surface area contributed by atoms with E-state index in [1.54, 1.807) is 37.3 Å². The average molecular weight is 428 g/mol. The number of hydrogen-bond acceptors (Lipinski definition) is 8. The van der Waals surface area contributed by atoms with Gasteiger partial charge >= 0.3 is 0 Å². The third-order valence-electron chi connectivity index (χ3n) is 4.05. The fraction of sp³-hybridized carbons (Fsp3) is 0.158. The third kappa shape index (κ3) is 4.87. The third-order valence-corrected chi connectivity index (χ3v) is 4.89. The number of benzene rings is 2. The molecule has 11 heteroatoms. The van der Waals surface area contributed by atoms with Gasteiger partial charge in [0.05, 0.1) is 11.5 Å². The number of nitrogens with one attached hydrogen (secondary N) is 3. The second kappa shape index (κ2) is 8.82. The fourth-order valence-corrected chi connectivity index (χ4v) is 3.15. The molecular weight excluding hydrogens is 411 g/mol. The van der Waals surface area contributed by atoms with Crippen molar-refractivity contribution in [1.29, 1.82) is 0 Å². The van der Waals surface area contributed by atoms with Crippen LogP contribution >= 0.6 is 11.8 Å². The molecule has 4 rings (SSSR count). The summed E-state index contributed by atoms with van der Waals surface area (Å²) in [5.74, 6) is 1.20. The van der Waals surface area contributed by atoms with E-state index in [0.717, 1.165) is 5.56 Å². The predicted octanol–water partition coefficient (Wildman–Crippen LogP) is 3.24. The highest BCUT2D eigenvalue weighted by molar-refractivity contribution is 7.99. The van der Waals surface area contributed by atoms with E-state index in [1.807, 2.05) is 0 Å². The van der Waals surface area contributed by atoms with E-state index in [-0.39, 0.29) is 24.3 Å². The van der Waals surface area contributed by atoms with Gasteiger partial charge in [0.2, 0.25) is 23.8 Å². The summed E-state index contributed by atoms with van der Waals surface area (Å²) in [6.07, 6.45) is 0. The maximum Gasteiger partial charge on any atom is 0.240 e. The van der Waals surface area contributed by atoms with Gasteiger partial charge in [-0.25, -0.2) is 14.9 Å². The number of nitrogens with zero attached hydrogens (tertiary/aromatic N) is 3. The smallest absolute Gasteiger partial charge is 0.240 e. The van der Waals surface area contributed by atoms with Crippen LogP contribution in [0.4, 0.5) is 16.0 Å². The Morgan fingerprint density at radius 3 is 2.87 bits per heavy atom. The molecule has 2 heterocycles. The molecule has 0 unspecified atom stereocenters. The molecule has 0 atom stereocenters. The number of aromatic nitrogens is 3. The van der Waals surface area contributed by atoms with Crippen LogP contribution in [0.25, 0.3) is 0 Å². The Bertz CT molecular complexity index is 1090. The van der Waals surface area contributed by atoms with Gasteiger partial charge in [-0.2, -0.15) is 10.1 Å². The van der Waals surface area contributed by atoms with Gasteiger partial charge in [-0.05, 0) is 36.8 Å². The van der Waals surface area contributed by atoms with Gasteiger partial charge in [0, 0.05) is 11.8 Å². The minimum Gasteiger partial charge on any atom is -0.454 e. The standard InChI is InChI=1S/C19H17FN6O3S/c1-11(12-2-4-13(20)5-3-12)23-24-18-22-19(26-25-18)30-9-17(27)21-14-6-7-15-16(8-14)29-10-28-15/h2-8H,9-10H2,1H3,(H,21,27)(H2,22,24,25,26)/b23-11+. The van der Waals surface area contributed by atoms with Crippen molar-refractivity contribution in [3.63, 3.8) is 0 Å². The first kappa shape index (κ1) is 19.7. The highest BCUT2D eigenvalue weighted by atomic mass is 32.2. The molecule has 0 aliphatic carbocycles. The highest BCUT2D eigenvalue weighted by Gasteiger charge is 2.14. The van der Waals surface area contributed by atoms with Crippen LogP contribution in [0.3, 0.4) is 0 Å². The molecule has 0 radical (unpaired) electrons. The number of halogens is 1. The molecule has 3 N–H and O–H groups in total. The van der Waals surface area contributed by atoms with Crippen LogP contribution in [0, 0.1) is 5.82 Å². The largest absolute Gasteiger partial charge is 0.454 e. The average Bonchev–Trinajstić information content (AvgIpc) is 3.40. The molecule has 30 heavy (non-hydrogen) atoms. The zero-order valence-corrected chi connectivity index (χ0v) is 16.6. The highest BCUT2D eigenvalue weighted by Crippen LogP contribution is 2.34. The Morgan fingerprint density at radius 2 is 2.03 bits per heavy atom. The summed E-state index contributed by atoms with van der Waals surface area (Å²) >= 11 is 1.17. The minimum absolute atomic E-state index is 0.129. The van der Waals surface area contributed by atoms with E-state index in [9.17, 15) is 9.18 Å². The number of aromatic amines is 1. The molecule has 0 saturated heterocycles. The maximum atomic E-state index is 13.0. The minimum atomic E-state index is -0.307. The number of carbonyl (C=O) groups excluding carboxylic acids is 1. The van der Waals surface area contributed by atoms with Crippen LogP contribution in [0.2, 0.25) is 0 Å². The number of anilines is 2. The molecule has 3 aromatic rings. The summed E-state index contributed by atoms with van der Waals surface area (Å²) < 4.78 is 23.5. The Kier molecular flexibility index (Phi) is 5.80. The predicted molar refractivity (Wildman–Crippen MR) is 111 cm³/mol. The summed E-state index contributed by atoms with van der Waals surface area (Å²) in [5.41, 5.74) is 4.81. The number of rotatable bonds is 7. The van der Waals surface area contributed by atoms with Crippen molar-refractivity contribution in [2.45, 2.75) is 12.1 Å². The van der Waals surface area contributed by atoms with Crippen LogP contribution in [0.1, 0.15) is 12.5 Å². The molecule has 1 aromatic heterocycles. The number of H-pyrrole nitrogens is 1. The number of hydrazone groups is 1. The fourth-order valence-electron chi connectivity index (χ4n) is 2.55. The Labute approximate surface area is 175 Å². The first-order valence-corrected chi connectivity index (χ1v) is 9.86. The first-order valence-electron chi connectivity index (χ1n) is 8.88. The van der Waals surface area contributed by atoms with Gasteiger partial charge in [-0.1, -0.05) is 23.9 Å². The number of fused-ring (bicyclic) bond motifs is 1. The van der Waals surface area contributed by atoms with Gasteiger partial charge in [-0.15, -0.1) is 5.10 Å². The zero-order chi connectivity index (χ0) is 20.9. The van der Waals surface area contributed by atoms with Gasteiger partial charge in [0.1, 0.15) is 5.82 Å². The van der Waals surface area contributed by atoms with Crippen LogP contribution in [0.5, 0.6) is 11.5 Å². The van der Waals surface area contributed by atoms with Crippen molar-refractivity contribution >= 4 is 35.0 Å². The van der Waals surface area contributed by atoms with E-state index in [0.29, 0.717) is 34.0 Å². The second-order valence-electron chi connectivity index (χ2n) is 6.19. The van der Waals surface area contributed by atoms with E-state index in [1.165, 1.54) is 23.9 Å². The summed E-state index contributed by atoms with van der Waals surface area (Å²) in [4.78, 5) is 16.4. The van der Waals surface area contributed by atoms with E-state index < -0.39 is 0 Å². The SMILES string of the molecule is C/C(=N\Nc1nc(SCC(=O)Nc2ccc3c(c2)OCO3)n[nH]1)c1ccc(F)cc1. The lowest BCUT2D eigenvalue weighted by atomic mass is 10.1. The van der Waals surface area contributed by atoms with Crippen molar-refractivity contribution in [2.75, 3.05) is 23.3 Å². The molecule has 0 saturated carbocycles. The van der Waals surface area contributed by atoms with Crippen molar-refractivity contribution in [3.8, 4) is 11.5 Å². The van der Waals surface area contributed by atoms with E-state index in [4.69, 9.17) is 9.47 Å². The Morgan fingerprint density at radius 1 is 1.23 bits per heavy atom. The molecule has 0 fully saturated rings. The number of thioether (sulfide) groups is 1. The quantitative estimate of drug-likeness (QED) is 0.301. The molecule has 0 spiro atoms. The number of ether oxygens (including phenoxy) is 2. The second-order valence-corrected chi connectivity index (χ2v) is 7.13. The van der Waals surface area contributed by atoms with Gasteiger partial charge < -0.3 is 14.8 Å². The summed E-state index contributed by atoms with van der Waals surface area (Å²) in [5, 5.41) is 14.1. The number of amides is 1. The summed E-state index contributed by atoms with van der Waals surface area (Å²) in [6, 6.07) is 11.2. The molecule has 154 valence electrons. The number of hydrogen-bond donors (Lipinski definition) is 3. The lowest BCUT2D eigenvalue weighted by molar-refractivity contribution is -0.113. The molecule has 1 aliphatic heterocycles. The van der Waals surface area contributed by atoms with Crippen LogP contribution in [0.15, 0.2) is 52.7 Å². The Hall–Kier alpha value is -3.60. The van der Waals surface area contributed by atoms with Crippen LogP contribution in [-0.4, -0.2) is 39.3 Å². The lowest BCUT2D eigenvalue weighted by Gasteiger charge is -2.05. The monoisotopic (exact) mass is 428 g/mol. The lowest BCUT2D eigenvalue weighted by Crippen LogP contribution is -2.14. The van der Waals surface area contributed by atoms with Crippen molar-refractivity contribution in [2.24, 2.45) is 5.10 Å². The van der Waals surface area contributed by atoms with E-state index in [2.05, 4.69) is 31.0 Å². The summed E-state index contributed by atoms with van der Waals surface area (Å²) in [6.45, 7) is 1.96. The van der Waals surface area contributed by atoms with Crippen molar-refractivity contribution in [1.82, 2.24) is 15.2 Å². The van der Waals surface area contributed by atoms with Gasteiger partial charge in [0.25, 0.3) is 0 Å². The maximum absolute atomic E-state index is 13.0. The summed E-state index contributed by atoms with van der Waals surface area (Å²) in [7, 11) is 0. The van der Waals surface area contributed by atoms with Crippen LogP contribution in [-0.2, 0) is 4.79 Å².